The van der Waals surface area contributed by atoms with Crippen LogP contribution in [0.25, 0.3) is 10.9 Å². The molecule has 10 heteroatoms. The van der Waals surface area contributed by atoms with Crippen LogP contribution in [0, 0.1) is 0 Å². The van der Waals surface area contributed by atoms with E-state index in [1.54, 1.807) is 42.1 Å². The fourth-order valence-electron chi connectivity index (χ4n) is 3.16. The second-order valence-electron chi connectivity index (χ2n) is 6.27. The molecule has 1 atom stereocenters. The van der Waals surface area contributed by atoms with E-state index in [1.165, 1.54) is 6.20 Å². The van der Waals surface area contributed by atoms with Gasteiger partial charge in [-0.2, -0.15) is 0 Å². The topological polar surface area (TPSA) is 121 Å². The van der Waals surface area contributed by atoms with E-state index >= 15 is 0 Å². The number of urea groups is 1. The summed E-state index contributed by atoms with van der Waals surface area (Å²) in [4.78, 5) is 43.9. The van der Waals surface area contributed by atoms with Crippen LogP contribution < -0.4 is 16.0 Å². The lowest BCUT2D eigenvalue weighted by atomic mass is 9.98. The molecule has 0 radical (unpaired) electrons. The summed E-state index contributed by atoms with van der Waals surface area (Å²) in [5, 5.41) is 8.85. The van der Waals surface area contributed by atoms with Crippen LogP contribution in [-0.2, 0) is 17.4 Å². The molecule has 0 spiro atoms. The monoisotopic (exact) mass is 386 g/mol. The van der Waals surface area contributed by atoms with Crippen molar-refractivity contribution in [2.24, 2.45) is 7.05 Å². The van der Waals surface area contributed by atoms with E-state index in [1.807, 2.05) is 0 Å². The standard InChI is InChI=1S/C17H15ClN6O3/c1-24-5-4-19-14(24)17(15(26)22-16(27)23-17)8-20-13(25)12-6-9-2-3-10(18)7-11(9)21-12/h2-7,21H,8H2,1H3,(H,20,25)(H2,22,23,26,27). The Labute approximate surface area is 158 Å². The van der Waals surface area contributed by atoms with Crippen molar-refractivity contribution in [2.45, 2.75) is 5.54 Å². The van der Waals surface area contributed by atoms with Gasteiger partial charge >= 0.3 is 6.03 Å². The van der Waals surface area contributed by atoms with E-state index in [2.05, 4.69) is 25.9 Å². The number of halogens is 1. The maximum Gasteiger partial charge on any atom is 0.322 e. The first kappa shape index (κ1) is 17.1. The lowest BCUT2D eigenvalue weighted by Gasteiger charge is -2.25. The number of fused-ring (bicyclic) bond motifs is 1. The van der Waals surface area contributed by atoms with Gasteiger partial charge in [-0.1, -0.05) is 17.7 Å². The molecule has 1 aliphatic heterocycles. The number of H-pyrrole nitrogens is 1. The van der Waals surface area contributed by atoms with Gasteiger partial charge in [0.25, 0.3) is 11.8 Å². The Bertz CT molecular complexity index is 1090. The van der Waals surface area contributed by atoms with Gasteiger partial charge in [0.2, 0.25) is 0 Å². The molecule has 0 aliphatic carbocycles. The fraction of sp³-hybridized carbons (Fsp3) is 0.176. The van der Waals surface area contributed by atoms with Gasteiger partial charge < -0.3 is 20.2 Å². The van der Waals surface area contributed by atoms with Gasteiger partial charge in [-0.15, -0.1) is 0 Å². The molecule has 1 unspecified atom stereocenters. The SMILES string of the molecule is Cn1ccnc1C1(CNC(=O)c2cc3ccc(Cl)cc3[nH]2)NC(=O)NC1=O. The minimum absolute atomic E-state index is 0.162. The number of imidazole rings is 1. The zero-order valence-electron chi connectivity index (χ0n) is 14.2. The molecule has 0 saturated carbocycles. The van der Waals surface area contributed by atoms with E-state index in [0.29, 0.717) is 16.5 Å². The maximum atomic E-state index is 12.6. The van der Waals surface area contributed by atoms with E-state index in [-0.39, 0.29) is 6.54 Å². The molecule has 4 N–H and O–H groups in total. The first-order valence-corrected chi connectivity index (χ1v) is 8.45. The molecule has 2 aromatic heterocycles. The highest BCUT2D eigenvalue weighted by Crippen LogP contribution is 2.23. The number of rotatable bonds is 4. The average Bonchev–Trinajstić information content (AvgIpc) is 3.30. The predicted molar refractivity (Wildman–Crippen MR) is 97.2 cm³/mol. The Morgan fingerprint density at radius 3 is 2.81 bits per heavy atom. The first-order chi connectivity index (χ1) is 12.9. The van der Waals surface area contributed by atoms with Crippen molar-refractivity contribution in [3.63, 3.8) is 0 Å². The molecule has 3 aromatic rings. The average molecular weight is 387 g/mol. The van der Waals surface area contributed by atoms with Crippen molar-refractivity contribution < 1.29 is 14.4 Å². The molecule has 1 saturated heterocycles. The van der Waals surface area contributed by atoms with Crippen LogP contribution in [0.15, 0.2) is 36.7 Å². The molecule has 9 nitrogen and oxygen atoms in total. The number of nitrogens with zero attached hydrogens (tertiary/aromatic N) is 2. The third-order valence-electron chi connectivity index (χ3n) is 4.49. The summed E-state index contributed by atoms with van der Waals surface area (Å²) in [7, 11) is 1.70. The van der Waals surface area contributed by atoms with Gasteiger partial charge in [-0.25, -0.2) is 9.78 Å². The van der Waals surface area contributed by atoms with Crippen molar-refractivity contribution in [3.05, 3.63) is 53.2 Å². The highest BCUT2D eigenvalue weighted by molar-refractivity contribution is 6.31. The van der Waals surface area contributed by atoms with Crippen LogP contribution in [0.4, 0.5) is 4.79 Å². The van der Waals surface area contributed by atoms with Gasteiger partial charge in [0, 0.05) is 35.4 Å². The summed E-state index contributed by atoms with van der Waals surface area (Å²) in [5.41, 5.74) is -0.453. The van der Waals surface area contributed by atoms with Crippen molar-refractivity contribution in [3.8, 4) is 0 Å². The van der Waals surface area contributed by atoms with Crippen LogP contribution in [0.5, 0.6) is 0 Å². The fourth-order valence-corrected chi connectivity index (χ4v) is 3.33. The summed E-state index contributed by atoms with van der Waals surface area (Å²) < 4.78 is 1.61. The van der Waals surface area contributed by atoms with Crippen molar-refractivity contribution in [2.75, 3.05) is 6.54 Å². The molecule has 0 bridgehead atoms. The number of nitrogens with one attached hydrogen (secondary N) is 4. The van der Waals surface area contributed by atoms with Gasteiger partial charge in [0.05, 0.1) is 6.54 Å². The maximum absolute atomic E-state index is 12.6. The number of imide groups is 1. The number of aromatic amines is 1. The number of carbonyl (C=O) groups excluding carboxylic acids is 3. The lowest BCUT2D eigenvalue weighted by molar-refractivity contribution is -0.124. The number of aryl methyl sites for hydroxylation is 1. The summed E-state index contributed by atoms with van der Waals surface area (Å²) in [6.07, 6.45) is 3.16. The van der Waals surface area contributed by atoms with Crippen LogP contribution in [-0.4, -0.2) is 38.9 Å². The minimum atomic E-state index is -1.49. The van der Waals surface area contributed by atoms with Crippen molar-refractivity contribution in [1.29, 1.82) is 0 Å². The number of aromatic nitrogens is 3. The highest BCUT2D eigenvalue weighted by atomic mass is 35.5. The van der Waals surface area contributed by atoms with Gasteiger partial charge in [-0.05, 0) is 18.2 Å². The van der Waals surface area contributed by atoms with Gasteiger partial charge in [0.15, 0.2) is 5.54 Å². The number of carbonyl (C=O) groups is 3. The lowest BCUT2D eigenvalue weighted by Crippen LogP contribution is -2.54. The quantitative estimate of drug-likeness (QED) is 0.500. The summed E-state index contributed by atoms with van der Waals surface area (Å²) >= 11 is 5.96. The molecular weight excluding hydrogens is 372 g/mol. The normalized spacial score (nSPS) is 19.2. The molecule has 1 fully saturated rings. The van der Waals surface area contributed by atoms with Gasteiger partial charge in [0.1, 0.15) is 11.5 Å². The van der Waals surface area contributed by atoms with Crippen LogP contribution >= 0.6 is 11.6 Å². The Morgan fingerprint density at radius 2 is 2.15 bits per heavy atom. The van der Waals surface area contributed by atoms with E-state index in [0.717, 1.165) is 10.9 Å². The molecule has 138 valence electrons. The first-order valence-electron chi connectivity index (χ1n) is 8.07. The Kier molecular flexibility index (Phi) is 3.88. The molecular formula is C17H15ClN6O3. The molecule has 4 amide bonds. The Hall–Kier alpha value is -3.33. The van der Waals surface area contributed by atoms with Crippen LogP contribution in [0.2, 0.25) is 5.02 Å². The number of hydrogen-bond acceptors (Lipinski definition) is 4. The molecule has 27 heavy (non-hydrogen) atoms. The third kappa shape index (κ3) is 2.81. The Balaban J connectivity index is 1.61. The number of benzene rings is 1. The molecule has 4 rings (SSSR count). The van der Waals surface area contributed by atoms with E-state index in [9.17, 15) is 14.4 Å². The Morgan fingerprint density at radius 1 is 1.33 bits per heavy atom. The second kappa shape index (κ2) is 6.13. The summed E-state index contributed by atoms with van der Waals surface area (Å²) in [6.45, 7) is -0.162. The number of amides is 4. The summed E-state index contributed by atoms with van der Waals surface area (Å²) in [6, 6.07) is 6.28. The summed E-state index contributed by atoms with van der Waals surface area (Å²) in [5.74, 6) is -0.690. The van der Waals surface area contributed by atoms with E-state index < -0.39 is 23.4 Å². The van der Waals surface area contributed by atoms with Crippen LogP contribution in [0.3, 0.4) is 0 Å². The molecule has 1 aliphatic rings. The van der Waals surface area contributed by atoms with Gasteiger partial charge in [-0.3, -0.25) is 14.9 Å². The van der Waals surface area contributed by atoms with Crippen molar-refractivity contribution in [1.82, 2.24) is 30.5 Å². The largest absolute Gasteiger partial charge is 0.350 e. The third-order valence-corrected chi connectivity index (χ3v) is 4.72. The second-order valence-corrected chi connectivity index (χ2v) is 6.71. The molecule has 1 aromatic carbocycles. The van der Waals surface area contributed by atoms with E-state index in [4.69, 9.17) is 11.6 Å². The van der Waals surface area contributed by atoms with Crippen LogP contribution in [0.1, 0.15) is 16.3 Å². The highest BCUT2D eigenvalue weighted by Gasteiger charge is 2.50. The van der Waals surface area contributed by atoms with Crippen molar-refractivity contribution >= 4 is 40.3 Å². The smallest absolute Gasteiger partial charge is 0.322 e. The minimum Gasteiger partial charge on any atom is -0.350 e. The zero-order valence-corrected chi connectivity index (χ0v) is 14.9. The molecule has 3 heterocycles. The zero-order chi connectivity index (χ0) is 19.2. The predicted octanol–water partition coefficient (Wildman–Crippen LogP) is 1.02. The number of hydrogen-bond donors (Lipinski definition) is 4.